The Kier molecular flexibility index (Phi) is 4.95. The van der Waals surface area contributed by atoms with E-state index in [0.717, 1.165) is 12.0 Å². The van der Waals surface area contributed by atoms with Crippen LogP contribution in [0.15, 0.2) is 52.2 Å². The van der Waals surface area contributed by atoms with Crippen LogP contribution in [0, 0.1) is 6.92 Å². The Labute approximate surface area is 177 Å². The summed E-state index contributed by atoms with van der Waals surface area (Å²) in [5, 5.41) is 4.54. The van der Waals surface area contributed by atoms with E-state index in [1.54, 1.807) is 6.07 Å². The SMILES string of the molecule is COc1nccc2c(=O)n(Cc3nc([C@@H]4CO[C@@H](c5ccc(C)cc5)C4)no3)cnc12. The van der Waals surface area contributed by atoms with Crippen molar-refractivity contribution in [2.45, 2.75) is 31.9 Å². The molecule has 0 saturated carbocycles. The standard InChI is InChI=1S/C22H21N5O4/c1-13-3-5-14(6-4-13)17-9-15(11-30-17)20-25-18(31-26-20)10-27-12-24-19-16(22(27)28)7-8-23-21(19)29-2/h3-8,12,15,17H,9-11H2,1-2H3/t15-,17+/m0/s1. The number of aromatic nitrogens is 5. The molecule has 9 heteroatoms. The van der Waals surface area contributed by atoms with Crippen LogP contribution in [0.1, 0.15) is 41.3 Å². The van der Waals surface area contributed by atoms with Gasteiger partial charge in [-0.2, -0.15) is 4.98 Å². The second kappa shape index (κ2) is 7.92. The lowest BCUT2D eigenvalue weighted by molar-refractivity contribution is 0.110. The monoisotopic (exact) mass is 419 g/mol. The molecule has 0 bridgehead atoms. The summed E-state index contributed by atoms with van der Waals surface area (Å²) >= 11 is 0. The second-order valence-electron chi connectivity index (χ2n) is 7.61. The molecule has 4 aromatic rings. The van der Waals surface area contributed by atoms with Gasteiger partial charge in [0, 0.05) is 12.1 Å². The lowest BCUT2D eigenvalue weighted by atomic mass is 9.99. The fraction of sp³-hybridized carbons (Fsp3) is 0.318. The number of ether oxygens (including phenoxy) is 2. The van der Waals surface area contributed by atoms with Gasteiger partial charge in [0.25, 0.3) is 5.56 Å². The van der Waals surface area contributed by atoms with E-state index in [9.17, 15) is 4.79 Å². The van der Waals surface area contributed by atoms with E-state index in [1.165, 1.54) is 29.8 Å². The van der Waals surface area contributed by atoms with E-state index in [-0.39, 0.29) is 24.1 Å². The summed E-state index contributed by atoms with van der Waals surface area (Å²) in [7, 11) is 1.49. The highest BCUT2D eigenvalue weighted by molar-refractivity contribution is 5.81. The third kappa shape index (κ3) is 3.68. The Morgan fingerprint density at radius 2 is 2.03 bits per heavy atom. The van der Waals surface area contributed by atoms with Crippen LogP contribution in [0.2, 0.25) is 0 Å². The number of rotatable bonds is 5. The molecule has 3 aromatic heterocycles. The molecular formula is C22H21N5O4. The van der Waals surface area contributed by atoms with Crippen LogP contribution in [0.3, 0.4) is 0 Å². The van der Waals surface area contributed by atoms with Crippen LogP contribution >= 0.6 is 0 Å². The molecular weight excluding hydrogens is 398 g/mol. The molecule has 0 spiro atoms. The molecule has 0 amide bonds. The highest BCUT2D eigenvalue weighted by Crippen LogP contribution is 2.37. The van der Waals surface area contributed by atoms with Crippen LogP contribution in [0.4, 0.5) is 0 Å². The van der Waals surface area contributed by atoms with Crippen LogP contribution < -0.4 is 10.3 Å². The Bertz CT molecular complexity index is 1280. The highest BCUT2D eigenvalue weighted by atomic mass is 16.5. The van der Waals surface area contributed by atoms with Crippen molar-refractivity contribution in [3.63, 3.8) is 0 Å². The van der Waals surface area contributed by atoms with Gasteiger partial charge in [-0.1, -0.05) is 35.0 Å². The topological polar surface area (TPSA) is 105 Å². The summed E-state index contributed by atoms with van der Waals surface area (Å²) in [6.45, 7) is 2.73. The maximum absolute atomic E-state index is 12.8. The zero-order valence-corrected chi connectivity index (χ0v) is 17.2. The lowest BCUT2D eigenvalue weighted by Gasteiger charge is -2.09. The van der Waals surface area contributed by atoms with Crippen LogP contribution in [0.5, 0.6) is 5.88 Å². The number of fused-ring (bicyclic) bond motifs is 1. The fourth-order valence-corrected chi connectivity index (χ4v) is 3.79. The average molecular weight is 419 g/mol. The summed E-state index contributed by atoms with van der Waals surface area (Å²) in [4.78, 5) is 25.7. The van der Waals surface area contributed by atoms with Crippen LogP contribution in [0.25, 0.3) is 10.9 Å². The molecule has 0 unspecified atom stereocenters. The first-order valence-electron chi connectivity index (χ1n) is 10.0. The summed E-state index contributed by atoms with van der Waals surface area (Å²) in [5.74, 6) is 1.30. The van der Waals surface area contributed by atoms with Gasteiger partial charge in [0.1, 0.15) is 12.1 Å². The molecule has 1 aromatic carbocycles. The van der Waals surface area contributed by atoms with E-state index in [2.05, 4.69) is 51.3 Å². The highest BCUT2D eigenvalue weighted by Gasteiger charge is 2.31. The fourth-order valence-electron chi connectivity index (χ4n) is 3.79. The molecule has 0 N–H and O–H groups in total. The Hall–Kier alpha value is -3.59. The molecule has 158 valence electrons. The van der Waals surface area contributed by atoms with Gasteiger partial charge in [-0.05, 0) is 25.0 Å². The molecule has 1 fully saturated rings. The van der Waals surface area contributed by atoms with Crippen molar-refractivity contribution in [3.8, 4) is 5.88 Å². The van der Waals surface area contributed by atoms with Gasteiger partial charge in [-0.3, -0.25) is 9.36 Å². The third-order valence-corrected chi connectivity index (χ3v) is 5.50. The van der Waals surface area contributed by atoms with Crippen molar-refractivity contribution in [1.29, 1.82) is 0 Å². The summed E-state index contributed by atoms with van der Waals surface area (Å²) in [5.41, 5.74) is 2.56. The molecule has 4 heterocycles. The van der Waals surface area contributed by atoms with Crippen molar-refractivity contribution in [2.24, 2.45) is 0 Å². The van der Waals surface area contributed by atoms with Crippen molar-refractivity contribution >= 4 is 10.9 Å². The van der Waals surface area contributed by atoms with E-state index < -0.39 is 0 Å². The van der Waals surface area contributed by atoms with E-state index in [4.69, 9.17) is 14.0 Å². The summed E-state index contributed by atoms with van der Waals surface area (Å²) in [6.07, 6.45) is 3.75. The molecule has 0 aliphatic carbocycles. The molecule has 31 heavy (non-hydrogen) atoms. The Morgan fingerprint density at radius 1 is 1.19 bits per heavy atom. The number of pyridine rings is 1. The number of methoxy groups -OCH3 is 1. The third-order valence-electron chi connectivity index (χ3n) is 5.50. The number of nitrogens with zero attached hydrogens (tertiary/aromatic N) is 5. The van der Waals surface area contributed by atoms with Gasteiger partial charge in [-0.15, -0.1) is 0 Å². The minimum Gasteiger partial charge on any atom is -0.479 e. The summed E-state index contributed by atoms with van der Waals surface area (Å²) in [6, 6.07) is 9.96. The molecule has 1 aliphatic rings. The zero-order chi connectivity index (χ0) is 21.4. The van der Waals surface area contributed by atoms with Gasteiger partial charge < -0.3 is 14.0 Å². The van der Waals surface area contributed by atoms with Crippen molar-refractivity contribution in [3.05, 3.63) is 76.1 Å². The van der Waals surface area contributed by atoms with Crippen molar-refractivity contribution in [2.75, 3.05) is 13.7 Å². The second-order valence-corrected chi connectivity index (χ2v) is 7.61. The van der Waals surface area contributed by atoms with Gasteiger partial charge in [0.2, 0.25) is 11.8 Å². The molecule has 9 nitrogen and oxygen atoms in total. The minimum absolute atomic E-state index is 0.0171. The van der Waals surface area contributed by atoms with Crippen molar-refractivity contribution < 1.29 is 14.0 Å². The number of hydrogen-bond acceptors (Lipinski definition) is 8. The van der Waals surface area contributed by atoms with Crippen LogP contribution in [-0.2, 0) is 11.3 Å². The molecule has 0 radical (unpaired) electrons. The quantitative estimate of drug-likeness (QED) is 0.486. The smallest absolute Gasteiger partial charge is 0.261 e. The van der Waals surface area contributed by atoms with Crippen molar-refractivity contribution in [1.82, 2.24) is 24.7 Å². The maximum atomic E-state index is 12.8. The molecule has 1 saturated heterocycles. The first kappa shape index (κ1) is 19.4. The van der Waals surface area contributed by atoms with Gasteiger partial charge in [0.15, 0.2) is 5.82 Å². The zero-order valence-electron chi connectivity index (χ0n) is 17.2. The largest absolute Gasteiger partial charge is 0.479 e. The number of aryl methyl sites for hydroxylation is 1. The van der Waals surface area contributed by atoms with Crippen LogP contribution in [-0.4, -0.2) is 38.4 Å². The minimum atomic E-state index is -0.228. The van der Waals surface area contributed by atoms with E-state index in [1.807, 2.05) is 0 Å². The Morgan fingerprint density at radius 3 is 2.84 bits per heavy atom. The van der Waals surface area contributed by atoms with Gasteiger partial charge >= 0.3 is 0 Å². The van der Waals surface area contributed by atoms with E-state index >= 15 is 0 Å². The molecule has 1 aliphatic heterocycles. The first-order valence-corrected chi connectivity index (χ1v) is 10.0. The molecule has 2 atom stereocenters. The van der Waals surface area contributed by atoms with Gasteiger partial charge in [0.05, 0.1) is 31.5 Å². The number of benzene rings is 1. The van der Waals surface area contributed by atoms with E-state index in [0.29, 0.717) is 35.1 Å². The first-order chi connectivity index (χ1) is 15.1. The Balaban J connectivity index is 1.33. The molecule has 5 rings (SSSR count). The van der Waals surface area contributed by atoms with Gasteiger partial charge in [-0.25, -0.2) is 9.97 Å². The predicted molar refractivity (Wildman–Crippen MR) is 111 cm³/mol. The predicted octanol–water partition coefficient (Wildman–Crippen LogP) is 2.79. The maximum Gasteiger partial charge on any atom is 0.261 e. The normalized spacial score (nSPS) is 18.5. The number of hydrogen-bond donors (Lipinski definition) is 0. The average Bonchev–Trinajstić information content (AvgIpc) is 3.46. The lowest BCUT2D eigenvalue weighted by Crippen LogP contribution is -2.21. The summed E-state index contributed by atoms with van der Waals surface area (Å²) < 4.78 is 18.0.